The first-order valence-electron chi connectivity index (χ1n) is 4.31. The largest absolute Gasteiger partial charge is 0.383 e. The maximum absolute atomic E-state index is 11.5. The molecule has 0 aliphatic heterocycles. The summed E-state index contributed by atoms with van der Waals surface area (Å²) in [6.07, 6.45) is 1.62. The van der Waals surface area contributed by atoms with Gasteiger partial charge in [0.1, 0.15) is 10.6 Å². The van der Waals surface area contributed by atoms with Crippen molar-refractivity contribution >= 4 is 27.5 Å². The molecular formula is C9H12BrN3O2. The molecule has 0 aliphatic rings. The highest BCUT2D eigenvalue weighted by Crippen LogP contribution is 2.18. The molecule has 0 saturated carbocycles. The SMILES string of the molecule is COCC(N)C(=O)Nc1cccnc1Br. The number of nitrogens with one attached hydrogen (secondary N) is 1. The molecule has 3 N–H and O–H groups in total. The number of halogens is 1. The second-order valence-electron chi connectivity index (χ2n) is 2.89. The fraction of sp³-hybridized carbons (Fsp3) is 0.333. The summed E-state index contributed by atoms with van der Waals surface area (Å²) in [7, 11) is 1.49. The maximum Gasteiger partial charge on any atom is 0.243 e. The summed E-state index contributed by atoms with van der Waals surface area (Å²) in [5.74, 6) is -0.300. The average molecular weight is 274 g/mol. The number of hydrogen-bond donors (Lipinski definition) is 2. The van der Waals surface area contributed by atoms with Crippen LogP contribution in [0.2, 0.25) is 0 Å². The van der Waals surface area contributed by atoms with E-state index in [-0.39, 0.29) is 12.5 Å². The molecule has 1 amide bonds. The lowest BCUT2D eigenvalue weighted by Gasteiger charge is -2.11. The Morgan fingerprint density at radius 2 is 2.53 bits per heavy atom. The topological polar surface area (TPSA) is 77.2 Å². The highest BCUT2D eigenvalue weighted by atomic mass is 79.9. The van der Waals surface area contributed by atoms with Gasteiger partial charge in [-0.25, -0.2) is 4.98 Å². The number of anilines is 1. The van der Waals surface area contributed by atoms with Crippen LogP contribution in [-0.2, 0) is 9.53 Å². The Hall–Kier alpha value is -0.980. The molecule has 0 bridgehead atoms. The predicted molar refractivity (Wildman–Crippen MR) is 60.4 cm³/mol. The van der Waals surface area contributed by atoms with Crippen molar-refractivity contribution in [1.29, 1.82) is 0 Å². The van der Waals surface area contributed by atoms with Gasteiger partial charge in [-0.1, -0.05) is 0 Å². The van der Waals surface area contributed by atoms with Gasteiger partial charge in [-0.2, -0.15) is 0 Å². The van der Waals surface area contributed by atoms with Gasteiger partial charge in [0.15, 0.2) is 0 Å². The Morgan fingerprint density at radius 1 is 1.80 bits per heavy atom. The number of pyridine rings is 1. The number of methoxy groups -OCH3 is 1. The van der Waals surface area contributed by atoms with E-state index in [1.54, 1.807) is 18.3 Å². The minimum Gasteiger partial charge on any atom is -0.383 e. The maximum atomic E-state index is 11.5. The van der Waals surface area contributed by atoms with Crippen LogP contribution in [0.15, 0.2) is 22.9 Å². The zero-order chi connectivity index (χ0) is 11.3. The lowest BCUT2D eigenvalue weighted by atomic mass is 10.3. The Labute approximate surface area is 96.1 Å². The van der Waals surface area contributed by atoms with Gasteiger partial charge in [-0.3, -0.25) is 4.79 Å². The van der Waals surface area contributed by atoms with Crippen molar-refractivity contribution < 1.29 is 9.53 Å². The molecule has 0 fully saturated rings. The lowest BCUT2D eigenvalue weighted by molar-refractivity contribution is -0.118. The van der Waals surface area contributed by atoms with Crippen molar-refractivity contribution in [2.75, 3.05) is 19.0 Å². The van der Waals surface area contributed by atoms with Crippen LogP contribution in [-0.4, -0.2) is 30.6 Å². The highest BCUT2D eigenvalue weighted by Gasteiger charge is 2.14. The van der Waals surface area contributed by atoms with Crippen molar-refractivity contribution in [2.45, 2.75) is 6.04 Å². The van der Waals surface area contributed by atoms with Gasteiger partial charge in [-0.15, -0.1) is 0 Å². The molecule has 0 aromatic carbocycles. The van der Waals surface area contributed by atoms with Gasteiger partial charge < -0.3 is 15.8 Å². The molecule has 1 atom stereocenters. The molecule has 5 nitrogen and oxygen atoms in total. The van der Waals surface area contributed by atoms with E-state index in [1.165, 1.54) is 7.11 Å². The van der Waals surface area contributed by atoms with Crippen molar-refractivity contribution in [3.05, 3.63) is 22.9 Å². The molecule has 1 rings (SSSR count). The van der Waals surface area contributed by atoms with Crippen molar-refractivity contribution in [1.82, 2.24) is 4.98 Å². The Morgan fingerprint density at radius 3 is 3.13 bits per heavy atom. The summed E-state index contributed by atoms with van der Waals surface area (Å²) in [6, 6.07) is 2.78. The van der Waals surface area contributed by atoms with Gasteiger partial charge in [0.05, 0.1) is 12.3 Å². The summed E-state index contributed by atoms with van der Waals surface area (Å²) in [5, 5.41) is 2.64. The highest BCUT2D eigenvalue weighted by molar-refractivity contribution is 9.10. The van der Waals surface area contributed by atoms with Gasteiger partial charge >= 0.3 is 0 Å². The molecule has 0 spiro atoms. The molecule has 1 aromatic heterocycles. The first-order valence-corrected chi connectivity index (χ1v) is 5.10. The van der Waals surface area contributed by atoms with Crippen LogP contribution in [0.25, 0.3) is 0 Å². The number of ether oxygens (including phenoxy) is 1. The summed E-state index contributed by atoms with van der Waals surface area (Å²) in [5.41, 5.74) is 6.14. The number of hydrogen-bond acceptors (Lipinski definition) is 4. The van der Waals surface area contributed by atoms with E-state index < -0.39 is 6.04 Å². The van der Waals surface area contributed by atoms with Crippen LogP contribution in [0.1, 0.15) is 0 Å². The van der Waals surface area contributed by atoms with Gasteiger partial charge in [0, 0.05) is 13.3 Å². The third kappa shape index (κ3) is 3.58. The van der Waals surface area contributed by atoms with Crippen LogP contribution in [0.4, 0.5) is 5.69 Å². The zero-order valence-electron chi connectivity index (χ0n) is 8.24. The smallest absolute Gasteiger partial charge is 0.243 e. The molecule has 0 aliphatic carbocycles. The normalized spacial score (nSPS) is 12.2. The Kier molecular flexibility index (Phi) is 4.67. The second kappa shape index (κ2) is 5.79. The van der Waals surface area contributed by atoms with Crippen molar-refractivity contribution in [3.63, 3.8) is 0 Å². The molecule has 1 aromatic rings. The third-order valence-electron chi connectivity index (χ3n) is 1.70. The van der Waals surface area contributed by atoms with E-state index >= 15 is 0 Å². The molecule has 1 unspecified atom stereocenters. The zero-order valence-corrected chi connectivity index (χ0v) is 9.82. The molecular weight excluding hydrogens is 262 g/mol. The van der Waals surface area contributed by atoms with Crippen LogP contribution < -0.4 is 11.1 Å². The monoisotopic (exact) mass is 273 g/mol. The molecule has 6 heteroatoms. The second-order valence-corrected chi connectivity index (χ2v) is 3.64. The third-order valence-corrected chi connectivity index (χ3v) is 2.33. The lowest BCUT2D eigenvalue weighted by Crippen LogP contribution is -2.39. The average Bonchev–Trinajstić information content (AvgIpc) is 2.21. The fourth-order valence-electron chi connectivity index (χ4n) is 0.960. The van der Waals surface area contributed by atoms with Crippen molar-refractivity contribution in [3.8, 4) is 0 Å². The number of nitrogens with zero attached hydrogens (tertiary/aromatic N) is 1. The van der Waals surface area contributed by atoms with Crippen LogP contribution in [0, 0.1) is 0 Å². The summed E-state index contributed by atoms with van der Waals surface area (Å²) < 4.78 is 5.35. The van der Waals surface area contributed by atoms with E-state index in [4.69, 9.17) is 10.5 Å². The molecule has 15 heavy (non-hydrogen) atoms. The first-order chi connectivity index (χ1) is 7.15. The first kappa shape index (κ1) is 12.1. The van der Waals surface area contributed by atoms with E-state index in [9.17, 15) is 4.79 Å². The van der Waals surface area contributed by atoms with Gasteiger partial charge in [-0.05, 0) is 28.1 Å². The standard InChI is InChI=1S/C9H12BrN3O2/c1-15-5-6(11)9(14)13-7-3-2-4-12-8(7)10/h2-4,6H,5,11H2,1H3,(H,13,14). The summed E-state index contributed by atoms with van der Waals surface area (Å²) >= 11 is 3.21. The number of carbonyl (C=O) groups excluding carboxylic acids is 1. The molecule has 1 heterocycles. The number of aromatic nitrogens is 1. The Balaban J connectivity index is 2.62. The number of nitrogens with two attached hydrogens (primary N) is 1. The fourth-order valence-corrected chi connectivity index (χ4v) is 1.31. The van der Waals surface area contributed by atoms with Crippen LogP contribution in [0.3, 0.4) is 0 Å². The van der Waals surface area contributed by atoms with Gasteiger partial charge in [0.2, 0.25) is 5.91 Å². The number of carbonyl (C=O) groups is 1. The van der Waals surface area contributed by atoms with Crippen molar-refractivity contribution in [2.24, 2.45) is 5.73 Å². The Bertz CT molecular complexity index is 346. The summed E-state index contributed by atoms with van der Waals surface area (Å²) in [4.78, 5) is 15.5. The van der Waals surface area contributed by atoms with Crippen LogP contribution in [0.5, 0.6) is 0 Å². The van der Waals surface area contributed by atoms with E-state index in [1.807, 2.05) is 0 Å². The molecule has 0 radical (unpaired) electrons. The minimum absolute atomic E-state index is 0.184. The minimum atomic E-state index is -0.679. The van der Waals surface area contributed by atoms with E-state index in [2.05, 4.69) is 26.2 Å². The molecule has 82 valence electrons. The van der Waals surface area contributed by atoms with Gasteiger partial charge in [0.25, 0.3) is 0 Å². The van der Waals surface area contributed by atoms with E-state index in [0.717, 1.165) is 0 Å². The predicted octanol–water partition coefficient (Wildman–Crippen LogP) is 0.756. The number of amides is 1. The summed E-state index contributed by atoms with van der Waals surface area (Å²) in [6.45, 7) is 0.184. The molecule has 0 saturated heterocycles. The van der Waals surface area contributed by atoms with Crippen LogP contribution >= 0.6 is 15.9 Å². The quantitative estimate of drug-likeness (QED) is 0.794. The number of rotatable bonds is 4. The van der Waals surface area contributed by atoms with E-state index in [0.29, 0.717) is 10.3 Å².